The molecule has 0 saturated carbocycles. The molecule has 4 heteroatoms. The van der Waals surface area contributed by atoms with Gasteiger partial charge in [0.15, 0.2) is 0 Å². The summed E-state index contributed by atoms with van der Waals surface area (Å²) in [7, 11) is 5.68. The molecule has 0 spiro atoms. The van der Waals surface area contributed by atoms with E-state index < -0.39 is 0 Å². The molecular weight excluding hydrogens is 292 g/mol. The fraction of sp³-hybridized carbons (Fsp3) is 0.571. The standard InChI is InChI=1S/C14H23BrN2O/c1-8-9(2)14(18-6)12(10(3)13(8)15)11(17-5)7-16-4/h11,16-17H,7H2,1-6H3. The normalized spacial score (nSPS) is 12.6. The highest BCUT2D eigenvalue weighted by Crippen LogP contribution is 2.39. The molecule has 0 heterocycles. The summed E-state index contributed by atoms with van der Waals surface area (Å²) in [5.74, 6) is 0.989. The van der Waals surface area contributed by atoms with Crippen molar-refractivity contribution in [1.29, 1.82) is 0 Å². The highest BCUT2D eigenvalue weighted by Gasteiger charge is 2.22. The van der Waals surface area contributed by atoms with Crippen molar-refractivity contribution in [3.63, 3.8) is 0 Å². The molecule has 0 saturated heterocycles. The quantitative estimate of drug-likeness (QED) is 0.876. The van der Waals surface area contributed by atoms with Gasteiger partial charge in [0.05, 0.1) is 7.11 Å². The zero-order chi connectivity index (χ0) is 13.9. The summed E-state index contributed by atoms with van der Waals surface area (Å²) >= 11 is 3.69. The maximum atomic E-state index is 5.63. The van der Waals surface area contributed by atoms with Crippen LogP contribution in [-0.4, -0.2) is 27.7 Å². The fourth-order valence-electron chi connectivity index (χ4n) is 2.34. The summed E-state index contributed by atoms with van der Waals surface area (Å²) < 4.78 is 6.81. The van der Waals surface area contributed by atoms with Crippen LogP contribution >= 0.6 is 15.9 Å². The van der Waals surface area contributed by atoms with Crippen molar-refractivity contribution in [1.82, 2.24) is 10.6 Å². The number of halogens is 1. The molecule has 1 atom stereocenters. The van der Waals surface area contributed by atoms with Crippen molar-refractivity contribution in [2.45, 2.75) is 26.8 Å². The highest BCUT2D eigenvalue weighted by molar-refractivity contribution is 9.10. The molecule has 0 amide bonds. The van der Waals surface area contributed by atoms with E-state index in [1.165, 1.54) is 26.7 Å². The van der Waals surface area contributed by atoms with Crippen LogP contribution in [0.3, 0.4) is 0 Å². The lowest BCUT2D eigenvalue weighted by Crippen LogP contribution is -2.28. The highest BCUT2D eigenvalue weighted by atomic mass is 79.9. The SMILES string of the molecule is CNCC(NC)c1c(C)c(Br)c(C)c(C)c1OC. The number of hydrogen-bond acceptors (Lipinski definition) is 3. The second-order valence-electron chi connectivity index (χ2n) is 4.53. The van der Waals surface area contributed by atoms with Crippen LogP contribution in [0, 0.1) is 20.8 Å². The van der Waals surface area contributed by atoms with Crippen LogP contribution in [0.25, 0.3) is 0 Å². The second-order valence-corrected chi connectivity index (χ2v) is 5.33. The summed E-state index contributed by atoms with van der Waals surface area (Å²) in [6.07, 6.45) is 0. The number of ether oxygens (including phenoxy) is 1. The summed E-state index contributed by atoms with van der Waals surface area (Å²) in [6, 6.07) is 0.237. The first-order valence-electron chi connectivity index (χ1n) is 6.14. The molecule has 1 rings (SSSR count). The average molecular weight is 315 g/mol. The largest absolute Gasteiger partial charge is 0.496 e. The maximum absolute atomic E-state index is 5.63. The Morgan fingerprint density at radius 2 is 1.72 bits per heavy atom. The Hall–Kier alpha value is -0.580. The monoisotopic (exact) mass is 314 g/mol. The number of nitrogens with one attached hydrogen (secondary N) is 2. The predicted octanol–water partition coefficient (Wildman–Crippen LogP) is 2.86. The number of hydrogen-bond donors (Lipinski definition) is 2. The van der Waals surface area contributed by atoms with Crippen LogP contribution in [0.1, 0.15) is 28.3 Å². The average Bonchev–Trinajstić information content (AvgIpc) is 2.38. The van der Waals surface area contributed by atoms with E-state index >= 15 is 0 Å². The second kappa shape index (κ2) is 6.55. The zero-order valence-corrected chi connectivity index (χ0v) is 13.7. The molecule has 0 radical (unpaired) electrons. The maximum Gasteiger partial charge on any atom is 0.127 e. The van der Waals surface area contributed by atoms with E-state index in [1.54, 1.807) is 7.11 Å². The molecule has 18 heavy (non-hydrogen) atoms. The molecule has 2 N–H and O–H groups in total. The Bertz CT molecular complexity index is 433. The Labute approximate surface area is 118 Å². The van der Waals surface area contributed by atoms with Crippen molar-refractivity contribution in [3.8, 4) is 5.75 Å². The Kier molecular flexibility index (Phi) is 5.63. The molecule has 1 aromatic carbocycles. The van der Waals surface area contributed by atoms with Crippen molar-refractivity contribution < 1.29 is 4.74 Å². The third-order valence-electron chi connectivity index (χ3n) is 3.52. The zero-order valence-electron chi connectivity index (χ0n) is 12.1. The van der Waals surface area contributed by atoms with Crippen molar-refractivity contribution >= 4 is 15.9 Å². The molecule has 0 aromatic heterocycles. The molecule has 1 unspecified atom stereocenters. The molecule has 1 aromatic rings. The van der Waals surface area contributed by atoms with Crippen LogP contribution in [-0.2, 0) is 0 Å². The van der Waals surface area contributed by atoms with E-state index in [2.05, 4.69) is 47.3 Å². The van der Waals surface area contributed by atoms with Crippen molar-refractivity contribution in [2.75, 3.05) is 27.7 Å². The fourth-order valence-corrected chi connectivity index (χ4v) is 2.85. The van der Waals surface area contributed by atoms with Crippen molar-refractivity contribution in [3.05, 3.63) is 26.7 Å². The molecule has 0 fully saturated rings. The van der Waals surface area contributed by atoms with Gasteiger partial charge in [0.2, 0.25) is 0 Å². The number of benzene rings is 1. The van der Waals surface area contributed by atoms with Crippen LogP contribution in [0.5, 0.6) is 5.75 Å². The lowest BCUT2D eigenvalue weighted by Gasteiger charge is -2.25. The van der Waals surface area contributed by atoms with Gasteiger partial charge in [-0.15, -0.1) is 0 Å². The van der Waals surface area contributed by atoms with Gasteiger partial charge in [-0.05, 0) is 51.6 Å². The molecule has 3 nitrogen and oxygen atoms in total. The Morgan fingerprint density at radius 3 is 2.17 bits per heavy atom. The van der Waals surface area contributed by atoms with Gasteiger partial charge in [-0.25, -0.2) is 0 Å². The van der Waals surface area contributed by atoms with Gasteiger partial charge in [0.1, 0.15) is 5.75 Å². The van der Waals surface area contributed by atoms with Gasteiger partial charge >= 0.3 is 0 Å². The Balaban J connectivity index is 3.49. The molecule has 0 aliphatic heterocycles. The van der Waals surface area contributed by atoms with E-state index in [1.807, 2.05) is 14.1 Å². The molecule has 0 aliphatic carbocycles. The van der Waals surface area contributed by atoms with Crippen LogP contribution < -0.4 is 15.4 Å². The first-order valence-corrected chi connectivity index (χ1v) is 6.93. The van der Waals surface area contributed by atoms with Gasteiger partial charge in [-0.2, -0.15) is 0 Å². The number of likely N-dealkylation sites (N-methyl/N-ethyl adjacent to an activating group) is 2. The summed E-state index contributed by atoms with van der Waals surface area (Å²) in [4.78, 5) is 0. The lowest BCUT2D eigenvalue weighted by atomic mass is 9.94. The van der Waals surface area contributed by atoms with Crippen LogP contribution in [0.2, 0.25) is 0 Å². The smallest absolute Gasteiger partial charge is 0.127 e. The number of rotatable bonds is 5. The van der Waals surface area contributed by atoms with E-state index in [0.29, 0.717) is 0 Å². The first kappa shape index (κ1) is 15.5. The van der Waals surface area contributed by atoms with Crippen LogP contribution in [0.4, 0.5) is 0 Å². The van der Waals surface area contributed by atoms with E-state index in [9.17, 15) is 0 Å². The third kappa shape index (κ3) is 2.71. The third-order valence-corrected chi connectivity index (χ3v) is 4.71. The van der Waals surface area contributed by atoms with E-state index in [4.69, 9.17) is 4.74 Å². The van der Waals surface area contributed by atoms with Gasteiger partial charge in [0.25, 0.3) is 0 Å². The minimum absolute atomic E-state index is 0.237. The predicted molar refractivity (Wildman–Crippen MR) is 80.6 cm³/mol. The van der Waals surface area contributed by atoms with Crippen molar-refractivity contribution in [2.24, 2.45) is 0 Å². The van der Waals surface area contributed by atoms with Crippen LogP contribution in [0.15, 0.2) is 4.47 Å². The number of methoxy groups -OCH3 is 1. The minimum atomic E-state index is 0.237. The minimum Gasteiger partial charge on any atom is -0.496 e. The first-order chi connectivity index (χ1) is 8.49. The van der Waals surface area contributed by atoms with Gasteiger partial charge < -0.3 is 15.4 Å². The summed E-state index contributed by atoms with van der Waals surface area (Å²) in [5.41, 5.74) is 4.91. The molecule has 0 aliphatic rings. The molecule has 102 valence electrons. The summed E-state index contributed by atoms with van der Waals surface area (Å²) in [6.45, 7) is 7.22. The van der Waals surface area contributed by atoms with Gasteiger partial charge in [0, 0.05) is 22.6 Å². The van der Waals surface area contributed by atoms with E-state index in [-0.39, 0.29) is 6.04 Å². The topological polar surface area (TPSA) is 33.3 Å². The molecule has 0 bridgehead atoms. The Morgan fingerprint density at radius 1 is 1.11 bits per heavy atom. The van der Waals surface area contributed by atoms with E-state index in [0.717, 1.165) is 12.3 Å². The lowest BCUT2D eigenvalue weighted by molar-refractivity contribution is 0.395. The summed E-state index contributed by atoms with van der Waals surface area (Å²) in [5, 5.41) is 6.56. The molecular formula is C14H23BrN2O. The van der Waals surface area contributed by atoms with Gasteiger partial charge in [-0.1, -0.05) is 15.9 Å². The van der Waals surface area contributed by atoms with Gasteiger partial charge in [-0.3, -0.25) is 0 Å².